The predicted molar refractivity (Wildman–Crippen MR) is 132 cm³/mol. The number of hydrogen-bond acceptors (Lipinski definition) is 7. The van der Waals surface area contributed by atoms with Gasteiger partial charge in [0.1, 0.15) is 22.7 Å². The summed E-state index contributed by atoms with van der Waals surface area (Å²) in [6.45, 7) is 3.21. The quantitative estimate of drug-likeness (QED) is 0.443. The molecule has 4 aromatic rings. The van der Waals surface area contributed by atoms with Crippen LogP contribution in [0.25, 0.3) is 16.8 Å². The molecule has 3 aromatic heterocycles. The number of rotatable bonds is 4. The highest BCUT2D eigenvalue weighted by atomic mass is 16.2. The van der Waals surface area contributed by atoms with Gasteiger partial charge in [-0.1, -0.05) is 24.1 Å². The van der Waals surface area contributed by atoms with Gasteiger partial charge in [-0.05, 0) is 37.1 Å². The zero-order chi connectivity index (χ0) is 24.4. The van der Waals surface area contributed by atoms with Crippen LogP contribution in [0.4, 0.5) is 17.5 Å². The maximum atomic E-state index is 12.4. The lowest BCUT2D eigenvalue weighted by atomic mass is 10.1. The predicted octanol–water partition coefficient (Wildman–Crippen LogP) is 2.26. The zero-order valence-corrected chi connectivity index (χ0v) is 19.0. The van der Waals surface area contributed by atoms with E-state index >= 15 is 0 Å². The number of amides is 2. The molecule has 0 saturated carbocycles. The van der Waals surface area contributed by atoms with Crippen LogP contribution in [-0.4, -0.2) is 55.8 Å². The highest BCUT2D eigenvalue weighted by molar-refractivity contribution is 6.03. The van der Waals surface area contributed by atoms with Gasteiger partial charge in [0.25, 0.3) is 11.8 Å². The lowest BCUT2D eigenvalue weighted by Gasteiger charge is -2.17. The van der Waals surface area contributed by atoms with Gasteiger partial charge >= 0.3 is 0 Å². The normalized spacial score (nSPS) is 12.9. The van der Waals surface area contributed by atoms with Crippen LogP contribution in [0, 0.1) is 11.8 Å². The molecule has 0 atom stereocenters. The van der Waals surface area contributed by atoms with E-state index in [1.54, 1.807) is 60.7 Å². The molecule has 35 heavy (non-hydrogen) atoms. The van der Waals surface area contributed by atoms with Gasteiger partial charge in [-0.2, -0.15) is 0 Å². The van der Waals surface area contributed by atoms with Crippen molar-refractivity contribution in [1.29, 1.82) is 0 Å². The van der Waals surface area contributed by atoms with Gasteiger partial charge in [-0.3, -0.25) is 19.0 Å². The number of imidazole rings is 1. The van der Waals surface area contributed by atoms with Crippen molar-refractivity contribution in [3.63, 3.8) is 0 Å². The Hall–Kier alpha value is -4.91. The van der Waals surface area contributed by atoms with Crippen LogP contribution in [0.3, 0.4) is 0 Å². The summed E-state index contributed by atoms with van der Waals surface area (Å²) in [5.74, 6) is 5.75. The number of nitrogens with one attached hydrogen (secondary N) is 1. The Morgan fingerprint density at radius 3 is 2.63 bits per heavy atom. The van der Waals surface area contributed by atoms with Crippen LogP contribution in [0.1, 0.15) is 17.4 Å². The monoisotopic (exact) mass is 466 g/mol. The molecular formula is C25H22N8O2. The molecule has 0 bridgehead atoms. The van der Waals surface area contributed by atoms with Gasteiger partial charge in [-0.15, -0.1) is 0 Å². The summed E-state index contributed by atoms with van der Waals surface area (Å²) in [6, 6.07) is 12.5. The fourth-order valence-corrected chi connectivity index (χ4v) is 3.98. The molecule has 10 nitrogen and oxygen atoms in total. The van der Waals surface area contributed by atoms with E-state index < -0.39 is 0 Å². The number of aromatic nitrogens is 4. The second-order valence-electron chi connectivity index (χ2n) is 7.89. The minimum Gasteiger partial charge on any atom is -0.382 e. The average Bonchev–Trinajstić information content (AvgIpc) is 3.51. The van der Waals surface area contributed by atoms with Crippen molar-refractivity contribution >= 4 is 34.8 Å². The fraction of sp³-hybridized carbons (Fsp3) is 0.160. The van der Waals surface area contributed by atoms with E-state index in [1.165, 1.54) is 0 Å². The summed E-state index contributed by atoms with van der Waals surface area (Å²) in [6.07, 6.45) is 5.00. The molecule has 0 spiro atoms. The highest BCUT2D eigenvalue weighted by Gasteiger charge is 2.28. The third-order valence-electron chi connectivity index (χ3n) is 5.66. The molecule has 1 aliphatic heterocycles. The molecule has 174 valence electrons. The van der Waals surface area contributed by atoms with Crippen molar-refractivity contribution in [2.45, 2.75) is 6.92 Å². The Balaban J connectivity index is 1.44. The number of carbonyl (C=O) groups excluding carboxylic acids is 2. The number of nitrogens with zero attached hydrogens (tertiary/aromatic N) is 6. The summed E-state index contributed by atoms with van der Waals surface area (Å²) in [7, 11) is 0. The minimum absolute atomic E-state index is 0.208. The number of nitrogens with two attached hydrogens (primary N) is 1. The maximum Gasteiger partial charge on any atom is 0.299 e. The largest absolute Gasteiger partial charge is 0.382 e. The Labute approximate surface area is 201 Å². The van der Waals surface area contributed by atoms with Gasteiger partial charge in [0.05, 0.1) is 6.67 Å². The van der Waals surface area contributed by atoms with Crippen LogP contribution in [0.15, 0.2) is 61.1 Å². The summed E-state index contributed by atoms with van der Waals surface area (Å²) in [5.41, 5.74) is 9.35. The number of benzene rings is 1. The van der Waals surface area contributed by atoms with E-state index in [-0.39, 0.29) is 11.8 Å². The number of anilines is 3. The Morgan fingerprint density at radius 1 is 1.06 bits per heavy atom. The third-order valence-corrected chi connectivity index (χ3v) is 5.66. The maximum absolute atomic E-state index is 12.4. The van der Waals surface area contributed by atoms with E-state index in [4.69, 9.17) is 10.7 Å². The molecule has 0 aliphatic carbocycles. The summed E-state index contributed by atoms with van der Waals surface area (Å²) in [5, 5.41) is 2.84. The molecule has 5 rings (SSSR count). The first-order chi connectivity index (χ1) is 17.0. The molecule has 1 aromatic carbocycles. The Bertz CT molecular complexity index is 1470. The molecule has 1 saturated heterocycles. The molecule has 3 N–H and O–H groups in total. The van der Waals surface area contributed by atoms with E-state index in [2.05, 4.69) is 27.1 Å². The molecule has 0 unspecified atom stereocenters. The van der Waals surface area contributed by atoms with Gasteiger partial charge in [0, 0.05) is 42.9 Å². The van der Waals surface area contributed by atoms with Crippen molar-refractivity contribution in [3.05, 3.63) is 66.7 Å². The number of hydrogen-bond donors (Lipinski definition) is 2. The molecule has 10 heteroatoms. The Kier molecular flexibility index (Phi) is 5.73. The summed E-state index contributed by atoms with van der Waals surface area (Å²) < 4.78 is 1.88. The first-order valence-electron chi connectivity index (χ1n) is 11.0. The number of fused-ring (bicyclic) bond motifs is 1. The van der Waals surface area contributed by atoms with Gasteiger partial charge < -0.3 is 20.9 Å². The lowest BCUT2D eigenvalue weighted by molar-refractivity contribution is -0.124. The fourth-order valence-electron chi connectivity index (χ4n) is 3.98. The minimum atomic E-state index is -0.289. The van der Waals surface area contributed by atoms with Crippen molar-refractivity contribution in [3.8, 4) is 23.1 Å². The summed E-state index contributed by atoms with van der Waals surface area (Å²) in [4.78, 5) is 41.5. The second kappa shape index (κ2) is 9.15. The molecule has 4 heterocycles. The van der Waals surface area contributed by atoms with Crippen LogP contribution in [-0.2, 0) is 4.79 Å². The number of pyridine rings is 1. The first kappa shape index (κ1) is 21.9. The second-order valence-corrected chi connectivity index (χ2v) is 7.89. The van der Waals surface area contributed by atoms with Crippen molar-refractivity contribution in [2.24, 2.45) is 0 Å². The van der Waals surface area contributed by atoms with Crippen LogP contribution < -0.4 is 16.0 Å². The van der Waals surface area contributed by atoms with Crippen LogP contribution >= 0.6 is 0 Å². The highest BCUT2D eigenvalue weighted by Crippen LogP contribution is 2.32. The number of carbonyl (C=O) groups is 2. The topological polar surface area (TPSA) is 122 Å². The van der Waals surface area contributed by atoms with E-state index in [0.29, 0.717) is 54.1 Å². The molecular weight excluding hydrogens is 444 g/mol. The lowest BCUT2D eigenvalue weighted by Crippen LogP contribution is -2.30. The van der Waals surface area contributed by atoms with E-state index in [1.807, 2.05) is 21.4 Å². The molecule has 1 fully saturated rings. The summed E-state index contributed by atoms with van der Waals surface area (Å²) >= 11 is 0. The van der Waals surface area contributed by atoms with Gasteiger partial charge in [0.15, 0.2) is 0 Å². The molecule has 2 amide bonds. The number of nitrogen functional groups attached to an aromatic ring is 1. The standard InChI is InChI=1S/C25H22N8O2/c1-2-5-20(34)31-14-15-32(16-31)25-30-21(22-23(26)28-12-13-33(22)25)17-7-9-18(10-8-17)29-24(35)19-6-3-4-11-27-19/h3-4,6-13H,14-16H2,1H3,(H2,26,28)(H,29,35). The smallest absolute Gasteiger partial charge is 0.299 e. The SMILES string of the molecule is CC#CC(=O)N1CCN(c2nc(-c3ccc(NC(=O)c4ccccn4)cc3)c3c(N)nccn23)C1. The third kappa shape index (κ3) is 4.22. The van der Waals surface area contributed by atoms with E-state index in [0.717, 1.165) is 5.56 Å². The molecule has 0 radical (unpaired) electrons. The van der Waals surface area contributed by atoms with E-state index in [9.17, 15) is 9.59 Å². The average molecular weight is 467 g/mol. The van der Waals surface area contributed by atoms with Crippen LogP contribution in [0.5, 0.6) is 0 Å². The van der Waals surface area contributed by atoms with Gasteiger partial charge in [-0.25, -0.2) is 9.97 Å². The van der Waals surface area contributed by atoms with Gasteiger partial charge in [0.2, 0.25) is 5.95 Å². The molecule has 1 aliphatic rings. The van der Waals surface area contributed by atoms with Crippen molar-refractivity contribution < 1.29 is 9.59 Å². The zero-order valence-electron chi connectivity index (χ0n) is 19.0. The van der Waals surface area contributed by atoms with Crippen molar-refractivity contribution in [2.75, 3.05) is 35.7 Å². The van der Waals surface area contributed by atoms with Crippen LogP contribution in [0.2, 0.25) is 0 Å². The van der Waals surface area contributed by atoms with Crippen molar-refractivity contribution in [1.82, 2.24) is 24.3 Å². The first-order valence-corrected chi connectivity index (χ1v) is 11.0. The Morgan fingerprint density at radius 2 is 1.89 bits per heavy atom.